The van der Waals surface area contributed by atoms with E-state index < -0.39 is 0 Å². The van der Waals surface area contributed by atoms with Gasteiger partial charge in [-0.25, -0.2) is 0 Å². The van der Waals surface area contributed by atoms with Crippen molar-refractivity contribution < 1.29 is 4.79 Å². The summed E-state index contributed by atoms with van der Waals surface area (Å²) in [6.07, 6.45) is 1.80. The normalized spacial score (nSPS) is 10.8. The van der Waals surface area contributed by atoms with Crippen LogP contribution in [-0.4, -0.2) is 15.7 Å². The number of hydrogen-bond acceptors (Lipinski definition) is 3. The van der Waals surface area contributed by atoms with Gasteiger partial charge in [0.15, 0.2) is 5.82 Å². The SMILES string of the molecule is CC(C)c1ccc(C(=O)Nc2nn(C)cc2CN)cc1. The van der Waals surface area contributed by atoms with E-state index in [-0.39, 0.29) is 5.91 Å². The van der Waals surface area contributed by atoms with E-state index in [1.54, 1.807) is 17.9 Å². The van der Waals surface area contributed by atoms with Crippen LogP contribution in [0.2, 0.25) is 0 Å². The van der Waals surface area contributed by atoms with Crippen molar-refractivity contribution in [2.45, 2.75) is 26.3 Å². The first kappa shape index (κ1) is 14.3. The first-order valence-electron chi connectivity index (χ1n) is 6.65. The van der Waals surface area contributed by atoms with Crippen LogP contribution in [0.4, 0.5) is 5.82 Å². The van der Waals surface area contributed by atoms with Crippen LogP contribution in [0.5, 0.6) is 0 Å². The van der Waals surface area contributed by atoms with Crippen LogP contribution in [0.15, 0.2) is 30.5 Å². The summed E-state index contributed by atoms with van der Waals surface area (Å²) in [5, 5.41) is 6.99. The maximum absolute atomic E-state index is 12.2. The number of amides is 1. The zero-order chi connectivity index (χ0) is 14.7. The highest BCUT2D eigenvalue weighted by Crippen LogP contribution is 2.16. The smallest absolute Gasteiger partial charge is 0.256 e. The second kappa shape index (κ2) is 5.88. The molecule has 5 nitrogen and oxygen atoms in total. The number of carbonyl (C=O) groups is 1. The monoisotopic (exact) mass is 272 g/mol. The number of hydrogen-bond donors (Lipinski definition) is 2. The third-order valence-electron chi connectivity index (χ3n) is 3.20. The van der Waals surface area contributed by atoms with E-state index >= 15 is 0 Å². The lowest BCUT2D eigenvalue weighted by Crippen LogP contribution is -2.14. The number of aromatic nitrogens is 2. The number of carbonyl (C=O) groups excluding carboxylic acids is 1. The minimum absolute atomic E-state index is 0.172. The molecule has 0 bridgehead atoms. The van der Waals surface area contributed by atoms with Crippen molar-refractivity contribution in [3.63, 3.8) is 0 Å². The van der Waals surface area contributed by atoms with E-state index in [1.807, 2.05) is 24.3 Å². The van der Waals surface area contributed by atoms with Gasteiger partial charge in [-0.05, 0) is 23.6 Å². The molecule has 1 amide bonds. The first-order chi connectivity index (χ1) is 9.51. The molecule has 0 unspecified atom stereocenters. The van der Waals surface area contributed by atoms with Crippen molar-refractivity contribution in [3.05, 3.63) is 47.2 Å². The second-order valence-corrected chi connectivity index (χ2v) is 5.11. The summed E-state index contributed by atoms with van der Waals surface area (Å²) in [7, 11) is 1.80. The van der Waals surface area contributed by atoms with E-state index in [2.05, 4.69) is 24.3 Å². The molecule has 3 N–H and O–H groups in total. The van der Waals surface area contributed by atoms with Gasteiger partial charge in [0, 0.05) is 30.9 Å². The second-order valence-electron chi connectivity index (χ2n) is 5.11. The molecule has 106 valence electrons. The molecule has 2 rings (SSSR count). The molecule has 0 radical (unpaired) electrons. The molecule has 0 aliphatic heterocycles. The topological polar surface area (TPSA) is 72.9 Å². The molecule has 0 saturated heterocycles. The van der Waals surface area contributed by atoms with Gasteiger partial charge >= 0.3 is 0 Å². The molecule has 0 saturated carbocycles. The molecule has 0 spiro atoms. The van der Waals surface area contributed by atoms with Gasteiger partial charge in [0.05, 0.1) is 0 Å². The van der Waals surface area contributed by atoms with Gasteiger partial charge in [0.1, 0.15) is 0 Å². The maximum atomic E-state index is 12.2. The third kappa shape index (κ3) is 3.05. The molecule has 1 aromatic carbocycles. The van der Waals surface area contributed by atoms with E-state index in [0.717, 1.165) is 5.56 Å². The molecule has 0 atom stereocenters. The largest absolute Gasteiger partial charge is 0.326 e. The molecule has 0 aliphatic rings. The zero-order valence-electron chi connectivity index (χ0n) is 12.1. The molecule has 5 heteroatoms. The lowest BCUT2D eigenvalue weighted by Gasteiger charge is -2.07. The molecule has 20 heavy (non-hydrogen) atoms. The first-order valence-corrected chi connectivity index (χ1v) is 6.65. The Balaban J connectivity index is 2.15. The van der Waals surface area contributed by atoms with Gasteiger partial charge in [-0.2, -0.15) is 5.10 Å². The quantitative estimate of drug-likeness (QED) is 0.896. The summed E-state index contributed by atoms with van der Waals surface area (Å²) < 4.78 is 1.64. The van der Waals surface area contributed by atoms with Crippen molar-refractivity contribution >= 4 is 11.7 Å². The highest BCUT2D eigenvalue weighted by atomic mass is 16.1. The molecular formula is C15H20N4O. The van der Waals surface area contributed by atoms with Crippen molar-refractivity contribution in [2.75, 3.05) is 5.32 Å². The third-order valence-corrected chi connectivity index (χ3v) is 3.20. The standard InChI is InChI=1S/C15H20N4O/c1-10(2)11-4-6-12(7-5-11)15(20)17-14-13(8-16)9-19(3)18-14/h4-7,9-10H,8,16H2,1-3H3,(H,17,18,20). The lowest BCUT2D eigenvalue weighted by molar-refractivity contribution is 0.102. The fourth-order valence-electron chi connectivity index (χ4n) is 1.99. The summed E-state index contributed by atoms with van der Waals surface area (Å²) in [6, 6.07) is 7.61. The highest BCUT2D eigenvalue weighted by Gasteiger charge is 2.12. The number of anilines is 1. The van der Waals surface area contributed by atoms with E-state index in [0.29, 0.717) is 23.8 Å². The van der Waals surface area contributed by atoms with Gasteiger partial charge in [-0.3, -0.25) is 9.48 Å². The number of nitrogens with zero attached hydrogens (tertiary/aromatic N) is 2. The van der Waals surface area contributed by atoms with E-state index in [1.165, 1.54) is 5.56 Å². The summed E-state index contributed by atoms with van der Waals surface area (Å²) in [5.74, 6) is 0.799. The molecule has 0 aliphatic carbocycles. The molecular weight excluding hydrogens is 252 g/mol. The van der Waals surface area contributed by atoms with Crippen molar-refractivity contribution in [3.8, 4) is 0 Å². The number of aryl methyl sites for hydroxylation is 1. The van der Waals surface area contributed by atoms with Gasteiger partial charge in [0.25, 0.3) is 5.91 Å². The number of rotatable bonds is 4. The van der Waals surface area contributed by atoms with Crippen molar-refractivity contribution in [2.24, 2.45) is 12.8 Å². The predicted molar refractivity (Wildman–Crippen MR) is 79.6 cm³/mol. The molecule has 0 fully saturated rings. The Morgan fingerprint density at radius 2 is 2.00 bits per heavy atom. The number of nitrogens with one attached hydrogen (secondary N) is 1. The highest BCUT2D eigenvalue weighted by molar-refractivity contribution is 6.04. The van der Waals surface area contributed by atoms with E-state index in [9.17, 15) is 4.79 Å². The van der Waals surface area contributed by atoms with Gasteiger partial charge in [-0.15, -0.1) is 0 Å². The van der Waals surface area contributed by atoms with Crippen molar-refractivity contribution in [1.82, 2.24) is 9.78 Å². The van der Waals surface area contributed by atoms with Gasteiger partial charge in [-0.1, -0.05) is 26.0 Å². The summed E-state index contributed by atoms with van der Waals surface area (Å²) in [5.41, 5.74) is 8.27. The van der Waals surface area contributed by atoms with Crippen LogP contribution in [0, 0.1) is 0 Å². The number of benzene rings is 1. The van der Waals surface area contributed by atoms with Crippen LogP contribution in [0.25, 0.3) is 0 Å². The Hall–Kier alpha value is -2.14. The fraction of sp³-hybridized carbons (Fsp3) is 0.333. The Morgan fingerprint density at radius 3 is 2.55 bits per heavy atom. The lowest BCUT2D eigenvalue weighted by atomic mass is 10.0. The average molecular weight is 272 g/mol. The Kier molecular flexibility index (Phi) is 4.20. The minimum atomic E-state index is -0.172. The van der Waals surface area contributed by atoms with Gasteiger partial charge < -0.3 is 11.1 Å². The van der Waals surface area contributed by atoms with Crippen LogP contribution in [0.3, 0.4) is 0 Å². The Labute approximate surface area is 118 Å². The van der Waals surface area contributed by atoms with Crippen LogP contribution >= 0.6 is 0 Å². The van der Waals surface area contributed by atoms with Crippen molar-refractivity contribution in [1.29, 1.82) is 0 Å². The molecule has 2 aromatic rings. The molecule has 1 heterocycles. The summed E-state index contributed by atoms with van der Waals surface area (Å²) >= 11 is 0. The fourth-order valence-corrected chi connectivity index (χ4v) is 1.99. The summed E-state index contributed by atoms with van der Waals surface area (Å²) in [4.78, 5) is 12.2. The van der Waals surface area contributed by atoms with E-state index in [4.69, 9.17) is 5.73 Å². The molecule has 1 aromatic heterocycles. The van der Waals surface area contributed by atoms with Crippen LogP contribution < -0.4 is 11.1 Å². The zero-order valence-corrected chi connectivity index (χ0v) is 12.1. The minimum Gasteiger partial charge on any atom is -0.326 e. The van der Waals surface area contributed by atoms with Crippen LogP contribution in [-0.2, 0) is 13.6 Å². The Morgan fingerprint density at radius 1 is 1.35 bits per heavy atom. The predicted octanol–water partition coefficient (Wildman–Crippen LogP) is 2.25. The average Bonchev–Trinajstić information content (AvgIpc) is 2.78. The Bertz CT molecular complexity index is 599. The van der Waals surface area contributed by atoms with Crippen LogP contribution in [0.1, 0.15) is 41.3 Å². The maximum Gasteiger partial charge on any atom is 0.256 e. The number of nitrogens with two attached hydrogens (primary N) is 1. The van der Waals surface area contributed by atoms with Gasteiger partial charge in [0.2, 0.25) is 0 Å². The summed E-state index contributed by atoms with van der Waals surface area (Å²) in [6.45, 7) is 4.59.